The molecule has 0 aliphatic heterocycles. The van der Waals surface area contributed by atoms with Gasteiger partial charge >= 0.3 is 0 Å². The monoisotopic (exact) mass is 260 g/mol. The zero-order valence-corrected chi connectivity index (χ0v) is 9.39. The van der Waals surface area contributed by atoms with Gasteiger partial charge in [0.25, 0.3) is 11.6 Å². The van der Waals surface area contributed by atoms with Gasteiger partial charge in [0.05, 0.1) is 11.2 Å². The van der Waals surface area contributed by atoms with Gasteiger partial charge in [-0.1, -0.05) is 0 Å². The Morgan fingerprint density at radius 1 is 1.47 bits per heavy atom. The summed E-state index contributed by atoms with van der Waals surface area (Å²) in [5, 5.41) is 19.7. The third kappa shape index (κ3) is 3.41. The molecule has 0 aromatic heterocycles. The smallest absolute Gasteiger partial charge is 0.282 e. The molecule has 0 saturated carbocycles. The van der Waals surface area contributed by atoms with Crippen molar-refractivity contribution in [3.8, 4) is 5.75 Å². The van der Waals surface area contributed by atoms with Crippen molar-refractivity contribution < 1.29 is 23.2 Å². The molecule has 0 spiro atoms. The molecule has 1 rings (SSSR count). The van der Waals surface area contributed by atoms with Crippen LogP contribution in [0, 0.1) is 10.1 Å². The Kier molecular flexibility index (Phi) is 3.32. The van der Waals surface area contributed by atoms with Gasteiger partial charge in [-0.3, -0.25) is 14.9 Å². The van der Waals surface area contributed by atoms with Gasteiger partial charge in [-0.05, 0) is 12.1 Å². The van der Waals surface area contributed by atoms with Crippen LogP contribution in [0.25, 0.3) is 0 Å². The molecule has 1 amide bonds. The van der Waals surface area contributed by atoms with Gasteiger partial charge in [0.2, 0.25) is 10.0 Å². The fraction of sp³-hybridized carbons (Fsp3) is 0.125. The van der Waals surface area contributed by atoms with Crippen LogP contribution in [0.4, 0.5) is 5.69 Å². The molecule has 1 aromatic rings. The van der Waals surface area contributed by atoms with E-state index >= 15 is 0 Å². The molecular weight excluding hydrogens is 252 g/mol. The third-order valence-electron chi connectivity index (χ3n) is 1.70. The minimum absolute atomic E-state index is 0.380. The average molecular weight is 260 g/mol. The highest BCUT2D eigenvalue weighted by molar-refractivity contribution is 7.89. The summed E-state index contributed by atoms with van der Waals surface area (Å²) < 4.78 is 23.2. The number of phenolic OH excluding ortho intramolecular Hbond substituents is 1. The number of phenols is 1. The van der Waals surface area contributed by atoms with Crippen LogP contribution in [0.3, 0.4) is 0 Å². The number of rotatable bonds is 3. The number of nitro benzene ring substituents is 1. The maximum absolute atomic E-state index is 11.4. The highest BCUT2D eigenvalue weighted by Crippen LogP contribution is 2.23. The fourth-order valence-electron chi connectivity index (χ4n) is 1.09. The van der Waals surface area contributed by atoms with Gasteiger partial charge in [-0.2, -0.15) is 0 Å². The van der Waals surface area contributed by atoms with Crippen molar-refractivity contribution in [2.24, 2.45) is 0 Å². The second kappa shape index (κ2) is 4.37. The molecule has 0 bridgehead atoms. The number of nitrogens with zero attached hydrogens (tertiary/aromatic N) is 1. The molecule has 8 nitrogen and oxygen atoms in total. The van der Waals surface area contributed by atoms with Crippen molar-refractivity contribution in [3.63, 3.8) is 0 Å². The molecule has 1 aromatic carbocycles. The second-order valence-electron chi connectivity index (χ2n) is 3.16. The first-order valence-electron chi connectivity index (χ1n) is 4.20. The number of aromatic hydroxyl groups is 1. The Bertz CT molecular complexity index is 580. The molecule has 2 N–H and O–H groups in total. The maximum Gasteiger partial charge on any atom is 0.282 e. The van der Waals surface area contributed by atoms with Gasteiger partial charge in [0.1, 0.15) is 11.3 Å². The maximum atomic E-state index is 11.4. The largest absolute Gasteiger partial charge is 0.508 e. The standard InChI is InChI=1S/C8H8N2O6S/c1-17(15,16)9-8(12)6-4-5(11)2-3-7(6)10(13)14/h2-4,11H,1H3,(H,9,12). The van der Waals surface area contributed by atoms with Gasteiger partial charge in [0.15, 0.2) is 0 Å². The molecule has 0 atom stereocenters. The predicted octanol–water partition coefficient (Wildman–Crippen LogP) is -0.0102. The summed E-state index contributed by atoms with van der Waals surface area (Å²) in [6, 6.07) is 2.75. The number of benzene rings is 1. The first kappa shape index (κ1) is 12.9. The summed E-state index contributed by atoms with van der Waals surface area (Å²) in [6.07, 6.45) is 0.736. The SMILES string of the molecule is CS(=O)(=O)NC(=O)c1cc(O)ccc1[N+](=O)[O-]. The molecule has 0 radical (unpaired) electrons. The summed E-state index contributed by atoms with van der Waals surface area (Å²) in [7, 11) is -3.83. The predicted molar refractivity (Wildman–Crippen MR) is 57.1 cm³/mol. The summed E-state index contributed by atoms with van der Waals surface area (Å²) in [4.78, 5) is 21.2. The molecular formula is C8H8N2O6S. The lowest BCUT2D eigenvalue weighted by atomic mass is 10.1. The number of sulfonamides is 1. The number of hydrogen-bond donors (Lipinski definition) is 2. The number of carbonyl (C=O) groups is 1. The molecule has 92 valence electrons. The normalized spacial score (nSPS) is 10.9. The van der Waals surface area contributed by atoms with E-state index in [2.05, 4.69) is 0 Å². The van der Waals surface area contributed by atoms with E-state index in [1.54, 1.807) is 4.72 Å². The van der Waals surface area contributed by atoms with Crippen molar-refractivity contribution in [1.82, 2.24) is 4.72 Å². The Morgan fingerprint density at radius 2 is 2.06 bits per heavy atom. The number of carbonyl (C=O) groups excluding carboxylic acids is 1. The first-order valence-corrected chi connectivity index (χ1v) is 6.09. The zero-order chi connectivity index (χ0) is 13.2. The van der Waals surface area contributed by atoms with Crippen molar-refractivity contribution in [2.45, 2.75) is 0 Å². The quantitative estimate of drug-likeness (QED) is 0.581. The van der Waals surface area contributed by atoms with Gasteiger partial charge < -0.3 is 5.11 Å². The molecule has 17 heavy (non-hydrogen) atoms. The number of hydrogen-bond acceptors (Lipinski definition) is 6. The van der Waals surface area contributed by atoms with Crippen LogP contribution in [-0.4, -0.2) is 30.6 Å². The van der Waals surface area contributed by atoms with E-state index in [9.17, 15) is 23.3 Å². The second-order valence-corrected chi connectivity index (χ2v) is 4.91. The Hall–Kier alpha value is -2.16. The van der Waals surface area contributed by atoms with Gasteiger partial charge in [0, 0.05) is 6.07 Å². The number of nitrogens with one attached hydrogen (secondary N) is 1. The lowest BCUT2D eigenvalue weighted by Crippen LogP contribution is -2.29. The van der Waals surface area contributed by atoms with E-state index in [0.717, 1.165) is 24.5 Å². The van der Waals surface area contributed by atoms with E-state index in [-0.39, 0.29) is 5.75 Å². The molecule has 0 unspecified atom stereocenters. The molecule has 0 heterocycles. The van der Waals surface area contributed by atoms with Crippen LogP contribution in [0.2, 0.25) is 0 Å². The van der Waals surface area contributed by atoms with Crippen LogP contribution in [-0.2, 0) is 10.0 Å². The average Bonchev–Trinajstić information content (AvgIpc) is 2.14. The summed E-state index contributed by atoms with van der Waals surface area (Å²) in [6.45, 7) is 0. The Balaban J connectivity index is 3.25. The van der Waals surface area contributed by atoms with Crippen LogP contribution in [0.15, 0.2) is 18.2 Å². The fourth-order valence-corrected chi connectivity index (χ4v) is 1.54. The van der Waals surface area contributed by atoms with E-state index in [1.807, 2.05) is 0 Å². The first-order chi connectivity index (χ1) is 7.70. The molecule has 0 fully saturated rings. The van der Waals surface area contributed by atoms with Crippen molar-refractivity contribution in [1.29, 1.82) is 0 Å². The zero-order valence-electron chi connectivity index (χ0n) is 8.58. The van der Waals surface area contributed by atoms with E-state index in [1.165, 1.54) is 0 Å². The van der Waals surface area contributed by atoms with E-state index < -0.39 is 32.1 Å². The van der Waals surface area contributed by atoms with Crippen molar-refractivity contribution in [2.75, 3.05) is 6.26 Å². The van der Waals surface area contributed by atoms with Crippen LogP contribution < -0.4 is 4.72 Å². The summed E-state index contributed by atoms with van der Waals surface area (Å²) in [5.41, 5.74) is -1.12. The van der Waals surface area contributed by atoms with E-state index in [0.29, 0.717) is 0 Å². The van der Waals surface area contributed by atoms with Gasteiger partial charge in [-0.15, -0.1) is 0 Å². The Morgan fingerprint density at radius 3 is 2.53 bits per heavy atom. The van der Waals surface area contributed by atoms with Crippen LogP contribution >= 0.6 is 0 Å². The summed E-state index contributed by atoms with van der Waals surface area (Å²) >= 11 is 0. The highest BCUT2D eigenvalue weighted by atomic mass is 32.2. The van der Waals surface area contributed by atoms with Crippen LogP contribution in [0.1, 0.15) is 10.4 Å². The highest BCUT2D eigenvalue weighted by Gasteiger charge is 2.22. The molecule has 9 heteroatoms. The third-order valence-corrected chi connectivity index (χ3v) is 2.26. The summed E-state index contributed by atoms with van der Waals surface area (Å²) in [5.74, 6) is -1.55. The van der Waals surface area contributed by atoms with Crippen molar-refractivity contribution in [3.05, 3.63) is 33.9 Å². The Labute approximate surface area is 96.1 Å². The lowest BCUT2D eigenvalue weighted by molar-refractivity contribution is -0.385. The van der Waals surface area contributed by atoms with E-state index in [4.69, 9.17) is 5.11 Å². The van der Waals surface area contributed by atoms with Gasteiger partial charge in [-0.25, -0.2) is 13.1 Å². The number of nitro groups is 1. The van der Waals surface area contributed by atoms with Crippen molar-refractivity contribution >= 4 is 21.6 Å². The lowest BCUT2D eigenvalue weighted by Gasteiger charge is -2.04. The van der Waals surface area contributed by atoms with Crippen LogP contribution in [0.5, 0.6) is 5.75 Å². The topological polar surface area (TPSA) is 127 Å². The number of amides is 1. The minimum atomic E-state index is -3.83. The molecule has 0 aliphatic carbocycles. The minimum Gasteiger partial charge on any atom is -0.508 e. The molecule has 0 aliphatic rings. The molecule has 0 saturated heterocycles.